The summed E-state index contributed by atoms with van der Waals surface area (Å²) in [6.45, 7) is 0. The average Bonchev–Trinajstić information content (AvgIpc) is 3.05. The number of hydrogen-bond acceptors (Lipinski definition) is 1. The van der Waals surface area contributed by atoms with Gasteiger partial charge in [-0.1, -0.05) is 152 Å². The normalized spacial score (nSPS) is 11.0. The highest BCUT2D eigenvalue weighted by Gasteiger charge is 2.18. The Morgan fingerprint density at radius 1 is 0.317 bits per heavy atom. The monoisotopic (exact) mass is 523 g/mol. The van der Waals surface area contributed by atoms with E-state index in [1.165, 1.54) is 55.3 Å². The first-order valence-electron chi connectivity index (χ1n) is 14.0. The average molecular weight is 524 g/mol. The first kappa shape index (κ1) is 24.6. The molecule has 0 bridgehead atoms. The van der Waals surface area contributed by atoms with Crippen molar-refractivity contribution in [1.82, 2.24) is 0 Å². The molecule has 1 nitrogen and oxygen atoms in total. The van der Waals surface area contributed by atoms with Crippen LogP contribution in [-0.4, -0.2) is 0 Å². The van der Waals surface area contributed by atoms with Crippen molar-refractivity contribution < 1.29 is 0 Å². The molecule has 1 heteroatoms. The third-order valence-corrected chi connectivity index (χ3v) is 7.84. The van der Waals surface area contributed by atoms with E-state index in [0.29, 0.717) is 0 Å². The Bertz CT molecular complexity index is 1970. The van der Waals surface area contributed by atoms with Crippen LogP contribution in [0.15, 0.2) is 164 Å². The summed E-state index contributed by atoms with van der Waals surface area (Å²) in [5, 5.41) is 2.52. The predicted molar refractivity (Wildman–Crippen MR) is 176 cm³/mol. The van der Waals surface area contributed by atoms with E-state index in [4.69, 9.17) is 5.73 Å². The molecule has 194 valence electrons. The number of rotatable bonds is 5. The zero-order valence-electron chi connectivity index (χ0n) is 22.7. The summed E-state index contributed by atoms with van der Waals surface area (Å²) in [5.74, 6) is 0. The molecule has 0 spiro atoms. The van der Waals surface area contributed by atoms with Gasteiger partial charge in [0.15, 0.2) is 0 Å². The molecule has 0 saturated heterocycles. The Kier molecular flexibility index (Phi) is 6.39. The van der Waals surface area contributed by atoms with Crippen molar-refractivity contribution in [2.45, 2.75) is 0 Å². The smallest absolute Gasteiger partial charge is 0.0320 e. The van der Waals surface area contributed by atoms with Crippen LogP contribution in [0.1, 0.15) is 0 Å². The van der Waals surface area contributed by atoms with Gasteiger partial charge in [0.05, 0.1) is 0 Å². The van der Waals surface area contributed by atoms with Crippen LogP contribution in [-0.2, 0) is 0 Å². The number of nitrogen functional groups attached to an aromatic ring is 1. The van der Waals surface area contributed by atoms with Crippen molar-refractivity contribution in [3.8, 4) is 55.6 Å². The SMILES string of the molecule is Nc1ccc(-c2ccccc2)c(-c2cccc(-c3ccccc3)c2-c2ccc(-c3cccc4ccccc34)cc2)c1. The standard InChI is InChI=1S/C40H29N/c41-33-25-26-36(28-11-3-1-4-12-28)39(27-33)38-20-10-19-37(30-13-5-2-6-14-30)40(38)32-23-21-31(22-24-32)35-18-9-16-29-15-7-8-17-34(29)35/h1-27H,41H2. The van der Waals surface area contributed by atoms with E-state index in [2.05, 4.69) is 158 Å². The minimum atomic E-state index is 0.752. The van der Waals surface area contributed by atoms with Crippen LogP contribution in [0.25, 0.3) is 66.4 Å². The van der Waals surface area contributed by atoms with Crippen LogP contribution in [0.5, 0.6) is 0 Å². The van der Waals surface area contributed by atoms with Gasteiger partial charge in [0, 0.05) is 5.69 Å². The van der Waals surface area contributed by atoms with Gasteiger partial charge < -0.3 is 5.73 Å². The Morgan fingerprint density at radius 3 is 1.61 bits per heavy atom. The maximum Gasteiger partial charge on any atom is 0.0320 e. The fraction of sp³-hybridized carbons (Fsp3) is 0. The molecule has 0 fully saturated rings. The maximum atomic E-state index is 6.41. The topological polar surface area (TPSA) is 26.0 Å². The van der Waals surface area contributed by atoms with E-state index >= 15 is 0 Å². The van der Waals surface area contributed by atoms with Crippen molar-refractivity contribution in [1.29, 1.82) is 0 Å². The second kappa shape index (κ2) is 10.6. The molecule has 0 saturated carbocycles. The summed E-state index contributed by atoms with van der Waals surface area (Å²) < 4.78 is 0. The van der Waals surface area contributed by atoms with Crippen LogP contribution in [0, 0.1) is 0 Å². The van der Waals surface area contributed by atoms with Gasteiger partial charge in [-0.15, -0.1) is 0 Å². The third kappa shape index (κ3) is 4.68. The molecule has 0 radical (unpaired) electrons. The number of anilines is 1. The molecular weight excluding hydrogens is 494 g/mol. The van der Waals surface area contributed by atoms with Gasteiger partial charge in [-0.2, -0.15) is 0 Å². The van der Waals surface area contributed by atoms with Crippen LogP contribution in [0.2, 0.25) is 0 Å². The molecule has 0 aliphatic heterocycles. The highest BCUT2D eigenvalue weighted by atomic mass is 14.5. The minimum absolute atomic E-state index is 0.752. The zero-order chi connectivity index (χ0) is 27.6. The van der Waals surface area contributed by atoms with Crippen LogP contribution >= 0.6 is 0 Å². The van der Waals surface area contributed by atoms with E-state index in [9.17, 15) is 0 Å². The van der Waals surface area contributed by atoms with Gasteiger partial charge in [0.25, 0.3) is 0 Å². The summed E-state index contributed by atoms with van der Waals surface area (Å²) in [5.41, 5.74) is 19.0. The number of hydrogen-bond donors (Lipinski definition) is 1. The quantitative estimate of drug-likeness (QED) is 0.223. The molecule has 0 heterocycles. The molecule has 0 unspecified atom stereocenters. The summed E-state index contributed by atoms with van der Waals surface area (Å²) in [7, 11) is 0. The number of fused-ring (bicyclic) bond motifs is 1. The minimum Gasteiger partial charge on any atom is -0.399 e. The largest absolute Gasteiger partial charge is 0.399 e. The molecule has 0 aromatic heterocycles. The molecule has 2 N–H and O–H groups in total. The summed E-state index contributed by atoms with van der Waals surface area (Å²) in [6.07, 6.45) is 0. The lowest BCUT2D eigenvalue weighted by atomic mass is 9.84. The van der Waals surface area contributed by atoms with Gasteiger partial charge in [0.1, 0.15) is 0 Å². The van der Waals surface area contributed by atoms with Crippen molar-refractivity contribution in [2.24, 2.45) is 0 Å². The molecule has 41 heavy (non-hydrogen) atoms. The Hall–Kier alpha value is -5.40. The Balaban J connectivity index is 1.45. The maximum absolute atomic E-state index is 6.41. The highest BCUT2D eigenvalue weighted by Crippen LogP contribution is 2.44. The lowest BCUT2D eigenvalue weighted by Crippen LogP contribution is -1.94. The fourth-order valence-electron chi connectivity index (χ4n) is 5.89. The summed E-state index contributed by atoms with van der Waals surface area (Å²) >= 11 is 0. The van der Waals surface area contributed by atoms with Gasteiger partial charge >= 0.3 is 0 Å². The van der Waals surface area contributed by atoms with Crippen LogP contribution in [0.3, 0.4) is 0 Å². The van der Waals surface area contributed by atoms with E-state index in [1.807, 2.05) is 6.07 Å². The van der Waals surface area contributed by atoms with Crippen LogP contribution in [0.4, 0.5) is 5.69 Å². The summed E-state index contributed by atoms with van der Waals surface area (Å²) in [4.78, 5) is 0. The van der Waals surface area contributed by atoms with Gasteiger partial charge in [-0.25, -0.2) is 0 Å². The molecule has 7 aromatic rings. The highest BCUT2D eigenvalue weighted by molar-refractivity contribution is 6.00. The summed E-state index contributed by atoms with van der Waals surface area (Å²) in [6, 6.07) is 58.2. The van der Waals surface area contributed by atoms with Crippen molar-refractivity contribution in [2.75, 3.05) is 5.73 Å². The van der Waals surface area contributed by atoms with Gasteiger partial charge in [-0.05, 0) is 78.5 Å². The number of nitrogens with two attached hydrogens (primary N) is 1. The molecule has 0 atom stereocenters. The molecule has 7 aromatic carbocycles. The first-order valence-corrected chi connectivity index (χ1v) is 14.0. The number of benzene rings is 7. The van der Waals surface area contributed by atoms with Crippen molar-refractivity contribution >= 4 is 16.5 Å². The first-order chi connectivity index (χ1) is 20.3. The zero-order valence-corrected chi connectivity index (χ0v) is 22.7. The lowest BCUT2D eigenvalue weighted by molar-refractivity contribution is 1.54. The van der Waals surface area contributed by atoms with Gasteiger partial charge in [0.2, 0.25) is 0 Å². The fourth-order valence-corrected chi connectivity index (χ4v) is 5.89. The van der Waals surface area contributed by atoms with E-state index < -0.39 is 0 Å². The van der Waals surface area contributed by atoms with Crippen molar-refractivity contribution in [3.05, 3.63) is 164 Å². The molecule has 0 aliphatic carbocycles. The molecule has 0 amide bonds. The Labute approximate surface area is 241 Å². The molecule has 0 aliphatic rings. The second-order valence-electron chi connectivity index (χ2n) is 10.4. The van der Waals surface area contributed by atoms with Crippen molar-refractivity contribution in [3.63, 3.8) is 0 Å². The predicted octanol–water partition coefficient (Wildman–Crippen LogP) is 10.8. The lowest BCUT2D eigenvalue weighted by Gasteiger charge is -2.19. The van der Waals surface area contributed by atoms with Crippen LogP contribution < -0.4 is 5.73 Å². The molecular formula is C40H29N. The third-order valence-electron chi connectivity index (χ3n) is 7.84. The van der Waals surface area contributed by atoms with E-state index in [0.717, 1.165) is 16.8 Å². The van der Waals surface area contributed by atoms with E-state index in [-0.39, 0.29) is 0 Å². The van der Waals surface area contributed by atoms with Gasteiger partial charge in [-0.3, -0.25) is 0 Å². The van der Waals surface area contributed by atoms with E-state index in [1.54, 1.807) is 0 Å². The molecule has 7 rings (SSSR count). The second-order valence-corrected chi connectivity index (χ2v) is 10.4. The Morgan fingerprint density at radius 2 is 0.854 bits per heavy atom.